The maximum Gasteiger partial charge on any atom is 0.153 e. The summed E-state index contributed by atoms with van der Waals surface area (Å²) >= 11 is 5.78. The van der Waals surface area contributed by atoms with Crippen LogP contribution < -0.4 is 5.73 Å². The van der Waals surface area contributed by atoms with Gasteiger partial charge in [-0.05, 0) is 6.92 Å². The number of hydrogen-bond acceptors (Lipinski definition) is 3. The molecule has 2 heterocycles. The number of halogens is 1. The molecule has 13 heavy (non-hydrogen) atoms. The topological polar surface area (TPSA) is 56.7 Å². The monoisotopic (exact) mass is 196 g/mol. The lowest BCUT2D eigenvalue weighted by atomic mass is 10.4. The molecular formula is C8H9ClN4. The summed E-state index contributed by atoms with van der Waals surface area (Å²) in [7, 11) is 0. The van der Waals surface area contributed by atoms with Gasteiger partial charge in [0.2, 0.25) is 0 Å². The minimum atomic E-state index is 0.384. The van der Waals surface area contributed by atoms with Crippen LogP contribution in [0.4, 0.5) is 5.82 Å². The lowest BCUT2D eigenvalue weighted by Crippen LogP contribution is -1.94. The summed E-state index contributed by atoms with van der Waals surface area (Å²) in [4.78, 5) is 8.06. The Kier molecular flexibility index (Phi) is 1.84. The van der Waals surface area contributed by atoms with Gasteiger partial charge in [0, 0.05) is 12.6 Å². The van der Waals surface area contributed by atoms with Crippen molar-refractivity contribution in [1.29, 1.82) is 0 Å². The average Bonchev–Trinajstić information content (AvgIpc) is 2.47. The highest BCUT2D eigenvalue weighted by atomic mass is 35.5. The summed E-state index contributed by atoms with van der Waals surface area (Å²) in [6, 6.07) is 1.77. The number of anilines is 1. The zero-order chi connectivity index (χ0) is 9.42. The van der Waals surface area contributed by atoms with Crippen LogP contribution in [0.5, 0.6) is 0 Å². The zero-order valence-corrected chi connectivity index (χ0v) is 7.91. The molecule has 0 saturated carbocycles. The van der Waals surface area contributed by atoms with Gasteiger partial charge in [-0.15, -0.1) is 0 Å². The van der Waals surface area contributed by atoms with Gasteiger partial charge in [0.15, 0.2) is 5.82 Å². The van der Waals surface area contributed by atoms with Crippen LogP contribution in [0.1, 0.15) is 6.92 Å². The Bertz CT molecular complexity index is 449. The van der Waals surface area contributed by atoms with Crippen LogP contribution in [0.3, 0.4) is 0 Å². The molecule has 0 unspecified atom stereocenters. The minimum Gasteiger partial charge on any atom is -0.382 e. The van der Waals surface area contributed by atoms with E-state index in [0.717, 1.165) is 12.1 Å². The second-order valence-electron chi connectivity index (χ2n) is 2.73. The van der Waals surface area contributed by atoms with Crippen LogP contribution in [-0.2, 0) is 6.54 Å². The van der Waals surface area contributed by atoms with Crippen LogP contribution in [0.25, 0.3) is 11.0 Å². The first-order valence-corrected chi connectivity index (χ1v) is 4.37. The van der Waals surface area contributed by atoms with Gasteiger partial charge in [-0.1, -0.05) is 11.6 Å². The molecule has 2 aromatic heterocycles. The molecule has 0 aromatic carbocycles. The van der Waals surface area contributed by atoms with E-state index in [2.05, 4.69) is 9.97 Å². The molecule has 5 heteroatoms. The Balaban J connectivity index is 2.82. The van der Waals surface area contributed by atoms with E-state index in [9.17, 15) is 0 Å². The number of nitrogens with two attached hydrogens (primary N) is 1. The number of aryl methyl sites for hydroxylation is 1. The van der Waals surface area contributed by atoms with E-state index in [1.54, 1.807) is 12.4 Å². The second kappa shape index (κ2) is 2.88. The second-order valence-corrected chi connectivity index (χ2v) is 3.12. The van der Waals surface area contributed by atoms with E-state index in [4.69, 9.17) is 17.3 Å². The molecule has 4 nitrogen and oxygen atoms in total. The summed E-state index contributed by atoms with van der Waals surface area (Å²) in [5.41, 5.74) is 7.30. The predicted molar refractivity (Wildman–Crippen MR) is 52.6 cm³/mol. The van der Waals surface area contributed by atoms with Crippen molar-refractivity contribution < 1.29 is 0 Å². The van der Waals surface area contributed by atoms with E-state index in [1.165, 1.54) is 0 Å². The third-order valence-corrected chi connectivity index (χ3v) is 2.14. The molecule has 0 bridgehead atoms. The van der Waals surface area contributed by atoms with Crippen molar-refractivity contribution in [2.75, 3.05) is 5.73 Å². The molecule has 2 rings (SSSR count). The van der Waals surface area contributed by atoms with Gasteiger partial charge in [0.25, 0.3) is 0 Å². The maximum absolute atomic E-state index is 5.78. The first-order chi connectivity index (χ1) is 6.22. The molecule has 0 amide bonds. The molecule has 2 aromatic rings. The number of hydrogen-bond donors (Lipinski definition) is 1. The average molecular weight is 197 g/mol. The highest BCUT2D eigenvalue weighted by Crippen LogP contribution is 2.21. The third-order valence-electron chi connectivity index (χ3n) is 1.94. The quantitative estimate of drug-likeness (QED) is 0.707. The summed E-state index contributed by atoms with van der Waals surface area (Å²) in [6.45, 7) is 2.88. The van der Waals surface area contributed by atoms with E-state index >= 15 is 0 Å². The Hall–Kier alpha value is -1.29. The molecule has 68 valence electrons. The fourth-order valence-electron chi connectivity index (χ4n) is 1.31. The molecule has 0 radical (unpaired) electrons. The Labute approximate surface area is 80.3 Å². The molecule has 0 aliphatic carbocycles. The molecule has 0 atom stereocenters. The summed E-state index contributed by atoms with van der Waals surface area (Å²) in [5.74, 6) is 0.384. The number of imidazole rings is 1. The van der Waals surface area contributed by atoms with Crippen molar-refractivity contribution >= 4 is 28.5 Å². The Morgan fingerprint density at radius 2 is 2.38 bits per heavy atom. The number of nitrogen functional groups attached to an aromatic ring is 1. The number of rotatable bonds is 1. The zero-order valence-electron chi connectivity index (χ0n) is 7.16. The highest BCUT2D eigenvalue weighted by Gasteiger charge is 2.06. The van der Waals surface area contributed by atoms with Gasteiger partial charge in [-0.3, -0.25) is 0 Å². The lowest BCUT2D eigenvalue weighted by Gasteiger charge is -1.99. The van der Waals surface area contributed by atoms with Crippen LogP contribution in [0.2, 0.25) is 5.15 Å². The number of pyridine rings is 1. The molecule has 0 spiro atoms. The van der Waals surface area contributed by atoms with Gasteiger partial charge in [-0.25, -0.2) is 9.97 Å². The van der Waals surface area contributed by atoms with Gasteiger partial charge in [0.1, 0.15) is 10.7 Å². The molecule has 0 aliphatic heterocycles. The lowest BCUT2D eigenvalue weighted by molar-refractivity contribution is 0.787. The number of fused-ring (bicyclic) bond motifs is 1. The predicted octanol–water partition coefficient (Wildman–Crippen LogP) is 1.69. The van der Waals surface area contributed by atoms with Crippen LogP contribution in [-0.4, -0.2) is 14.5 Å². The summed E-state index contributed by atoms with van der Waals surface area (Å²) < 4.78 is 1.97. The minimum absolute atomic E-state index is 0.384. The van der Waals surface area contributed by atoms with Gasteiger partial charge < -0.3 is 10.3 Å². The van der Waals surface area contributed by atoms with Crippen molar-refractivity contribution in [1.82, 2.24) is 14.5 Å². The standard InChI is InChI=1S/C8H9ClN4/c1-2-13-4-11-7-5(13)3-6(9)12-8(7)10/h3-4H,2H2,1H3,(H2,10,12). The fraction of sp³-hybridized carbons (Fsp3) is 0.250. The molecule has 0 saturated heterocycles. The van der Waals surface area contributed by atoms with Crippen molar-refractivity contribution in [3.63, 3.8) is 0 Å². The third kappa shape index (κ3) is 1.23. The van der Waals surface area contributed by atoms with Gasteiger partial charge >= 0.3 is 0 Å². The normalized spacial score (nSPS) is 10.9. The van der Waals surface area contributed by atoms with Gasteiger partial charge in [0.05, 0.1) is 11.8 Å². The van der Waals surface area contributed by atoms with E-state index < -0.39 is 0 Å². The van der Waals surface area contributed by atoms with Crippen molar-refractivity contribution in [3.05, 3.63) is 17.5 Å². The first kappa shape index (κ1) is 8.31. The van der Waals surface area contributed by atoms with E-state index in [-0.39, 0.29) is 0 Å². The molecule has 0 aliphatic rings. The fourth-order valence-corrected chi connectivity index (χ4v) is 1.50. The van der Waals surface area contributed by atoms with Gasteiger partial charge in [-0.2, -0.15) is 0 Å². The Morgan fingerprint density at radius 1 is 1.62 bits per heavy atom. The summed E-state index contributed by atoms with van der Waals surface area (Å²) in [6.07, 6.45) is 1.74. The van der Waals surface area contributed by atoms with Crippen molar-refractivity contribution in [3.8, 4) is 0 Å². The van der Waals surface area contributed by atoms with Crippen LogP contribution in [0.15, 0.2) is 12.4 Å². The maximum atomic E-state index is 5.78. The first-order valence-electron chi connectivity index (χ1n) is 3.99. The highest BCUT2D eigenvalue weighted by molar-refractivity contribution is 6.30. The summed E-state index contributed by atoms with van der Waals surface area (Å²) in [5, 5.41) is 0.403. The van der Waals surface area contributed by atoms with Crippen molar-refractivity contribution in [2.24, 2.45) is 0 Å². The smallest absolute Gasteiger partial charge is 0.153 e. The van der Waals surface area contributed by atoms with E-state index in [1.807, 2.05) is 11.5 Å². The number of aromatic nitrogens is 3. The van der Waals surface area contributed by atoms with Crippen LogP contribution in [0, 0.1) is 0 Å². The SMILES string of the molecule is CCn1cnc2c(N)nc(Cl)cc21. The van der Waals surface area contributed by atoms with E-state index in [0.29, 0.717) is 16.5 Å². The molecule has 2 N–H and O–H groups in total. The molecular weight excluding hydrogens is 188 g/mol. The number of nitrogens with zero attached hydrogens (tertiary/aromatic N) is 3. The Morgan fingerprint density at radius 3 is 3.08 bits per heavy atom. The van der Waals surface area contributed by atoms with Crippen LogP contribution >= 0.6 is 11.6 Å². The largest absolute Gasteiger partial charge is 0.382 e. The molecule has 0 fully saturated rings. The van der Waals surface area contributed by atoms with Crippen molar-refractivity contribution in [2.45, 2.75) is 13.5 Å².